The number of nitrogens with two attached hydrogens (primary N) is 1. The zero-order chi connectivity index (χ0) is 23.5. The lowest BCUT2D eigenvalue weighted by atomic mass is 9.96. The molecule has 3 heterocycles. The van der Waals surface area contributed by atoms with Crippen molar-refractivity contribution in [2.24, 2.45) is 11.7 Å². The Balaban J connectivity index is 1.79. The SMILES string of the molecule is N#CCC(C1CCCC1)n1cc(-c2nc(NC(CO)C(=O)O)nn3c(C(N)=O)ccc23)cn1. The zero-order valence-corrected chi connectivity index (χ0v) is 17.8. The fourth-order valence-corrected chi connectivity index (χ4v) is 4.35. The Hall–Kier alpha value is -3.98. The standard InChI is InChI=1S/C21H24N8O4/c22-8-7-15(12-3-1-2-4-12)28-10-13(9-24-28)18-16-5-6-17(19(23)31)29(16)27-21(26-18)25-14(11-30)20(32)33/h5-6,9-10,12,14-15,30H,1-4,7,11H2,(H2,23,31)(H,25,27)(H,32,33). The van der Waals surface area contributed by atoms with Crippen molar-refractivity contribution >= 4 is 23.3 Å². The monoisotopic (exact) mass is 452 g/mol. The van der Waals surface area contributed by atoms with Gasteiger partial charge in [0.25, 0.3) is 5.91 Å². The number of hydrogen-bond acceptors (Lipinski definition) is 8. The second-order valence-corrected chi connectivity index (χ2v) is 8.06. The second-order valence-electron chi connectivity index (χ2n) is 8.06. The first kappa shape index (κ1) is 22.2. The van der Waals surface area contributed by atoms with Crippen molar-refractivity contribution in [2.75, 3.05) is 11.9 Å². The summed E-state index contributed by atoms with van der Waals surface area (Å²) >= 11 is 0. The maximum atomic E-state index is 11.9. The first-order chi connectivity index (χ1) is 15.9. The number of nitriles is 1. The van der Waals surface area contributed by atoms with Gasteiger partial charge in [0.2, 0.25) is 5.95 Å². The summed E-state index contributed by atoms with van der Waals surface area (Å²) in [6.45, 7) is -0.685. The van der Waals surface area contributed by atoms with Crippen LogP contribution in [0.3, 0.4) is 0 Å². The molecule has 4 rings (SSSR count). The summed E-state index contributed by atoms with van der Waals surface area (Å²) < 4.78 is 3.07. The third-order valence-electron chi connectivity index (χ3n) is 6.01. The van der Waals surface area contributed by atoms with Crippen molar-refractivity contribution in [3.05, 3.63) is 30.2 Å². The highest BCUT2D eigenvalue weighted by molar-refractivity contribution is 5.93. The third kappa shape index (κ3) is 4.35. The number of amides is 1. The van der Waals surface area contributed by atoms with E-state index in [1.165, 1.54) is 10.6 Å². The molecule has 0 radical (unpaired) electrons. The van der Waals surface area contributed by atoms with Gasteiger partial charge in [0, 0.05) is 11.8 Å². The maximum absolute atomic E-state index is 11.9. The number of nitrogens with one attached hydrogen (secondary N) is 1. The van der Waals surface area contributed by atoms with Crippen LogP contribution in [0.5, 0.6) is 0 Å². The Kier molecular flexibility index (Phi) is 6.23. The fraction of sp³-hybridized carbons (Fsp3) is 0.429. The number of aliphatic carboxylic acids is 1. The minimum absolute atomic E-state index is 0.0551. The molecule has 5 N–H and O–H groups in total. The van der Waals surface area contributed by atoms with Gasteiger partial charge in [0.05, 0.1) is 36.9 Å². The number of carboxylic acids is 1. The molecule has 172 valence electrons. The summed E-state index contributed by atoms with van der Waals surface area (Å²) in [7, 11) is 0. The predicted octanol–water partition coefficient (Wildman–Crippen LogP) is 1.19. The van der Waals surface area contributed by atoms with Gasteiger partial charge in [-0.05, 0) is 30.9 Å². The summed E-state index contributed by atoms with van der Waals surface area (Å²) in [6, 6.07) is 4.00. The molecule has 12 nitrogen and oxygen atoms in total. The summed E-state index contributed by atoms with van der Waals surface area (Å²) in [5.41, 5.74) is 7.04. The van der Waals surface area contributed by atoms with Crippen LogP contribution in [-0.4, -0.2) is 59.1 Å². The molecule has 33 heavy (non-hydrogen) atoms. The summed E-state index contributed by atoms with van der Waals surface area (Å²) in [5.74, 6) is -1.73. The maximum Gasteiger partial charge on any atom is 0.328 e. The molecule has 1 fully saturated rings. The number of aliphatic hydroxyl groups is 1. The van der Waals surface area contributed by atoms with Crippen LogP contribution in [0.25, 0.3) is 16.8 Å². The van der Waals surface area contributed by atoms with Gasteiger partial charge in [-0.15, -0.1) is 5.10 Å². The number of rotatable bonds is 9. The number of aromatic nitrogens is 5. The Morgan fingerprint density at radius 1 is 1.33 bits per heavy atom. The van der Waals surface area contributed by atoms with Crippen molar-refractivity contribution in [2.45, 2.75) is 44.2 Å². The van der Waals surface area contributed by atoms with Crippen molar-refractivity contribution in [1.29, 1.82) is 5.26 Å². The van der Waals surface area contributed by atoms with Crippen LogP contribution in [0.1, 0.15) is 48.6 Å². The van der Waals surface area contributed by atoms with E-state index in [0.717, 1.165) is 25.7 Å². The second kappa shape index (κ2) is 9.25. The van der Waals surface area contributed by atoms with Gasteiger partial charge in [0.1, 0.15) is 11.4 Å². The highest BCUT2D eigenvalue weighted by Crippen LogP contribution is 2.36. The first-order valence-electron chi connectivity index (χ1n) is 10.6. The summed E-state index contributed by atoms with van der Waals surface area (Å²) in [5, 5.41) is 39.2. The third-order valence-corrected chi connectivity index (χ3v) is 6.01. The highest BCUT2D eigenvalue weighted by Gasteiger charge is 2.28. The molecule has 3 aromatic heterocycles. The van der Waals surface area contributed by atoms with Crippen molar-refractivity contribution in [3.63, 3.8) is 0 Å². The molecule has 1 saturated carbocycles. The molecule has 3 aromatic rings. The minimum atomic E-state index is -1.34. The van der Waals surface area contributed by atoms with E-state index in [4.69, 9.17) is 5.73 Å². The van der Waals surface area contributed by atoms with Crippen molar-refractivity contribution in [3.8, 4) is 17.3 Å². The molecular formula is C21H24N8O4. The van der Waals surface area contributed by atoms with E-state index in [1.807, 2.05) is 0 Å². The molecule has 12 heteroatoms. The Labute approximate surface area is 188 Å². The first-order valence-corrected chi connectivity index (χ1v) is 10.6. The zero-order valence-electron chi connectivity index (χ0n) is 17.8. The molecule has 0 bridgehead atoms. The van der Waals surface area contributed by atoms with Crippen LogP contribution in [0.4, 0.5) is 5.95 Å². The minimum Gasteiger partial charge on any atom is -0.480 e. The molecule has 2 unspecified atom stereocenters. The van der Waals surface area contributed by atoms with E-state index in [1.54, 1.807) is 23.1 Å². The summed E-state index contributed by atoms with van der Waals surface area (Å²) in [6.07, 6.45) is 8.12. The Morgan fingerprint density at radius 2 is 2.09 bits per heavy atom. The fourth-order valence-electron chi connectivity index (χ4n) is 4.35. The van der Waals surface area contributed by atoms with Gasteiger partial charge in [-0.1, -0.05) is 12.8 Å². The normalized spacial score (nSPS) is 15.9. The molecule has 2 atom stereocenters. The van der Waals surface area contributed by atoms with Crippen LogP contribution in [0.15, 0.2) is 24.5 Å². The van der Waals surface area contributed by atoms with E-state index in [0.29, 0.717) is 29.1 Å². The van der Waals surface area contributed by atoms with Crippen LogP contribution < -0.4 is 11.1 Å². The van der Waals surface area contributed by atoms with Crippen molar-refractivity contribution < 1.29 is 19.8 Å². The number of carbonyl (C=O) groups excluding carboxylic acids is 1. The van der Waals surface area contributed by atoms with E-state index in [9.17, 15) is 25.1 Å². The number of anilines is 1. The molecule has 1 aliphatic rings. The van der Waals surface area contributed by atoms with Gasteiger partial charge >= 0.3 is 5.97 Å². The number of primary amides is 1. The van der Waals surface area contributed by atoms with Gasteiger partial charge in [-0.25, -0.2) is 14.3 Å². The van der Waals surface area contributed by atoms with Crippen LogP contribution in [-0.2, 0) is 4.79 Å². The number of carboxylic acid groups (broad SMARTS) is 1. The largest absolute Gasteiger partial charge is 0.480 e. The Morgan fingerprint density at radius 3 is 2.73 bits per heavy atom. The van der Waals surface area contributed by atoms with Crippen molar-refractivity contribution in [1.82, 2.24) is 24.4 Å². The van der Waals surface area contributed by atoms with E-state index < -0.39 is 24.5 Å². The van der Waals surface area contributed by atoms with Gasteiger partial charge in [-0.3, -0.25) is 9.48 Å². The summed E-state index contributed by atoms with van der Waals surface area (Å²) in [4.78, 5) is 27.7. The lowest BCUT2D eigenvalue weighted by Crippen LogP contribution is -2.34. The smallest absolute Gasteiger partial charge is 0.328 e. The lowest BCUT2D eigenvalue weighted by Gasteiger charge is -2.21. The molecule has 0 aliphatic heterocycles. The number of carbonyl (C=O) groups is 2. The quantitative estimate of drug-likeness (QED) is 0.370. The average molecular weight is 452 g/mol. The average Bonchev–Trinajstić information content (AvgIpc) is 3.55. The lowest BCUT2D eigenvalue weighted by molar-refractivity contribution is -0.138. The predicted molar refractivity (Wildman–Crippen MR) is 116 cm³/mol. The number of hydrogen-bond donors (Lipinski definition) is 4. The van der Waals surface area contributed by atoms with Crippen LogP contribution >= 0.6 is 0 Å². The Bertz CT molecular complexity index is 1220. The number of nitrogens with zero attached hydrogens (tertiary/aromatic N) is 6. The van der Waals surface area contributed by atoms with Crippen LogP contribution in [0.2, 0.25) is 0 Å². The van der Waals surface area contributed by atoms with E-state index in [-0.39, 0.29) is 17.7 Å². The highest BCUT2D eigenvalue weighted by atomic mass is 16.4. The molecule has 0 spiro atoms. The molecule has 0 aromatic carbocycles. The van der Waals surface area contributed by atoms with Gasteiger partial charge in [0.15, 0.2) is 6.04 Å². The molecule has 1 amide bonds. The topological polar surface area (TPSA) is 184 Å². The number of aliphatic hydroxyl groups excluding tert-OH is 1. The van der Waals surface area contributed by atoms with E-state index >= 15 is 0 Å². The van der Waals surface area contributed by atoms with Crippen LogP contribution in [0, 0.1) is 17.2 Å². The van der Waals surface area contributed by atoms with E-state index in [2.05, 4.69) is 26.6 Å². The van der Waals surface area contributed by atoms with Gasteiger partial charge in [-0.2, -0.15) is 10.4 Å². The molecule has 0 saturated heterocycles. The molecule has 1 aliphatic carbocycles. The molecular weight excluding hydrogens is 428 g/mol. The van der Waals surface area contributed by atoms with Gasteiger partial charge < -0.3 is 21.3 Å². The number of fused-ring (bicyclic) bond motifs is 1.